The zero-order valence-corrected chi connectivity index (χ0v) is 10.1. The molecular formula is C13H19F2N. The zero-order valence-electron chi connectivity index (χ0n) is 10.1. The van der Waals surface area contributed by atoms with E-state index < -0.39 is 11.6 Å². The van der Waals surface area contributed by atoms with Crippen molar-refractivity contribution in [3.63, 3.8) is 0 Å². The van der Waals surface area contributed by atoms with Crippen LogP contribution in [0, 0.1) is 17.0 Å². The predicted octanol–water partition coefficient (Wildman–Crippen LogP) is 3.27. The highest BCUT2D eigenvalue weighted by Crippen LogP contribution is 2.27. The van der Waals surface area contributed by atoms with Gasteiger partial charge in [0.1, 0.15) is 0 Å². The van der Waals surface area contributed by atoms with Crippen LogP contribution in [0.1, 0.15) is 32.8 Å². The molecule has 1 unspecified atom stereocenters. The highest BCUT2D eigenvalue weighted by Gasteiger charge is 2.20. The van der Waals surface area contributed by atoms with E-state index in [1.807, 2.05) is 6.92 Å². The van der Waals surface area contributed by atoms with Gasteiger partial charge in [0.05, 0.1) is 0 Å². The van der Waals surface area contributed by atoms with Crippen molar-refractivity contribution in [3.05, 3.63) is 35.4 Å². The summed E-state index contributed by atoms with van der Waals surface area (Å²) in [6, 6.07) is 4.17. The van der Waals surface area contributed by atoms with Crippen LogP contribution >= 0.6 is 0 Å². The zero-order chi connectivity index (χ0) is 12.3. The fraction of sp³-hybridized carbons (Fsp3) is 0.538. The lowest BCUT2D eigenvalue weighted by Gasteiger charge is -2.26. The maximum Gasteiger partial charge on any atom is 0.159 e. The van der Waals surface area contributed by atoms with Gasteiger partial charge in [-0.3, -0.25) is 0 Å². The van der Waals surface area contributed by atoms with Crippen LogP contribution in [0.5, 0.6) is 0 Å². The van der Waals surface area contributed by atoms with Gasteiger partial charge in [0.2, 0.25) is 0 Å². The van der Waals surface area contributed by atoms with Gasteiger partial charge in [-0.2, -0.15) is 0 Å². The van der Waals surface area contributed by atoms with E-state index in [0.717, 1.165) is 12.0 Å². The Hall–Kier alpha value is -0.960. The third kappa shape index (κ3) is 3.89. The van der Waals surface area contributed by atoms with Crippen molar-refractivity contribution >= 4 is 0 Å². The molecule has 1 aromatic rings. The molecule has 1 aromatic carbocycles. The van der Waals surface area contributed by atoms with Crippen LogP contribution in [0.25, 0.3) is 0 Å². The van der Waals surface area contributed by atoms with Crippen LogP contribution < -0.4 is 5.73 Å². The van der Waals surface area contributed by atoms with Crippen molar-refractivity contribution in [1.29, 1.82) is 0 Å². The molecule has 0 bridgehead atoms. The minimum absolute atomic E-state index is 0.00155. The number of benzene rings is 1. The Kier molecular flexibility index (Phi) is 4.03. The van der Waals surface area contributed by atoms with Gasteiger partial charge in [0.15, 0.2) is 11.6 Å². The van der Waals surface area contributed by atoms with Crippen molar-refractivity contribution in [2.24, 2.45) is 11.1 Å². The topological polar surface area (TPSA) is 26.0 Å². The van der Waals surface area contributed by atoms with Crippen molar-refractivity contribution in [2.75, 3.05) is 0 Å². The second-order valence-electron chi connectivity index (χ2n) is 5.27. The lowest BCUT2D eigenvalue weighted by molar-refractivity contribution is 0.309. The van der Waals surface area contributed by atoms with Gasteiger partial charge in [0.25, 0.3) is 0 Å². The Morgan fingerprint density at radius 2 is 1.88 bits per heavy atom. The molecule has 0 radical (unpaired) electrons. The van der Waals surface area contributed by atoms with Crippen LogP contribution in [0.2, 0.25) is 0 Å². The van der Waals surface area contributed by atoms with Crippen LogP contribution in [-0.2, 0) is 6.42 Å². The van der Waals surface area contributed by atoms with Gasteiger partial charge in [-0.25, -0.2) is 8.78 Å². The summed E-state index contributed by atoms with van der Waals surface area (Å²) >= 11 is 0. The molecule has 0 aliphatic rings. The van der Waals surface area contributed by atoms with Gasteiger partial charge < -0.3 is 5.73 Å². The molecule has 1 nitrogen and oxygen atoms in total. The van der Waals surface area contributed by atoms with Crippen LogP contribution in [0.3, 0.4) is 0 Å². The molecule has 16 heavy (non-hydrogen) atoms. The molecule has 0 fully saturated rings. The molecule has 2 N–H and O–H groups in total. The molecule has 90 valence electrons. The fourth-order valence-corrected chi connectivity index (χ4v) is 2.15. The van der Waals surface area contributed by atoms with Gasteiger partial charge >= 0.3 is 0 Å². The van der Waals surface area contributed by atoms with Gasteiger partial charge in [0, 0.05) is 6.04 Å². The largest absolute Gasteiger partial charge is 0.328 e. The Labute approximate surface area is 95.7 Å². The van der Waals surface area contributed by atoms with E-state index in [0.29, 0.717) is 6.42 Å². The molecule has 0 saturated carbocycles. The quantitative estimate of drug-likeness (QED) is 0.839. The average Bonchev–Trinajstić information content (AvgIpc) is 2.08. The normalized spacial score (nSPS) is 13.9. The first-order valence-corrected chi connectivity index (χ1v) is 5.50. The highest BCUT2D eigenvalue weighted by molar-refractivity contribution is 5.19. The number of nitrogens with two attached hydrogens (primary N) is 1. The van der Waals surface area contributed by atoms with E-state index >= 15 is 0 Å². The molecular weight excluding hydrogens is 208 g/mol. The fourth-order valence-electron chi connectivity index (χ4n) is 2.15. The van der Waals surface area contributed by atoms with E-state index in [1.54, 1.807) is 6.07 Å². The SMILES string of the molecule is CC(N)CC(C)(C)Cc1ccc(F)c(F)c1. The highest BCUT2D eigenvalue weighted by atomic mass is 19.2. The average molecular weight is 227 g/mol. The Balaban J connectivity index is 2.76. The van der Waals surface area contributed by atoms with Crippen LogP contribution in [0.4, 0.5) is 8.78 Å². The third-order valence-electron chi connectivity index (χ3n) is 2.54. The summed E-state index contributed by atoms with van der Waals surface area (Å²) in [5, 5.41) is 0. The molecule has 0 aliphatic heterocycles. The molecule has 0 aliphatic carbocycles. The Morgan fingerprint density at radius 3 is 2.38 bits per heavy atom. The number of rotatable bonds is 4. The Bertz CT molecular complexity index is 359. The van der Waals surface area contributed by atoms with E-state index in [1.165, 1.54) is 12.1 Å². The summed E-state index contributed by atoms with van der Waals surface area (Å²) < 4.78 is 25.8. The summed E-state index contributed by atoms with van der Waals surface area (Å²) in [5.74, 6) is -1.58. The molecule has 0 amide bonds. The molecule has 1 atom stereocenters. The Morgan fingerprint density at radius 1 is 1.25 bits per heavy atom. The molecule has 0 heterocycles. The summed E-state index contributed by atoms with van der Waals surface area (Å²) in [6.07, 6.45) is 1.55. The monoisotopic (exact) mass is 227 g/mol. The van der Waals surface area contributed by atoms with Crippen molar-refractivity contribution < 1.29 is 8.78 Å². The standard InChI is InChI=1S/C13H19F2N/c1-9(16)7-13(2,3)8-10-4-5-11(14)12(15)6-10/h4-6,9H,7-8,16H2,1-3H3. The van der Waals surface area contributed by atoms with Crippen molar-refractivity contribution in [3.8, 4) is 0 Å². The first-order valence-electron chi connectivity index (χ1n) is 5.50. The first kappa shape index (κ1) is 13.1. The van der Waals surface area contributed by atoms with E-state index in [4.69, 9.17) is 5.73 Å². The third-order valence-corrected chi connectivity index (χ3v) is 2.54. The summed E-state index contributed by atoms with van der Waals surface area (Å²) in [6.45, 7) is 6.11. The molecule has 0 saturated heterocycles. The number of hydrogen-bond donors (Lipinski definition) is 1. The minimum Gasteiger partial charge on any atom is -0.328 e. The maximum absolute atomic E-state index is 13.0. The second kappa shape index (κ2) is 4.91. The first-order chi connectivity index (χ1) is 7.30. The molecule has 1 rings (SSSR count). The minimum atomic E-state index is -0.797. The summed E-state index contributed by atoms with van der Waals surface area (Å²) in [4.78, 5) is 0. The maximum atomic E-state index is 13.0. The smallest absolute Gasteiger partial charge is 0.159 e. The van der Waals surface area contributed by atoms with Crippen molar-refractivity contribution in [1.82, 2.24) is 0 Å². The molecule has 0 spiro atoms. The van der Waals surface area contributed by atoms with Crippen LogP contribution in [-0.4, -0.2) is 6.04 Å². The van der Waals surface area contributed by atoms with Gasteiger partial charge in [-0.15, -0.1) is 0 Å². The summed E-state index contributed by atoms with van der Waals surface area (Å²) in [5.41, 5.74) is 6.56. The molecule has 0 aromatic heterocycles. The predicted molar refractivity (Wildman–Crippen MR) is 62.1 cm³/mol. The number of halogens is 2. The van der Waals surface area contributed by atoms with Gasteiger partial charge in [-0.1, -0.05) is 19.9 Å². The second-order valence-corrected chi connectivity index (χ2v) is 5.27. The summed E-state index contributed by atoms with van der Waals surface area (Å²) in [7, 11) is 0. The molecule has 3 heteroatoms. The van der Waals surface area contributed by atoms with Crippen LogP contribution in [0.15, 0.2) is 18.2 Å². The number of hydrogen-bond acceptors (Lipinski definition) is 1. The lowest BCUT2D eigenvalue weighted by atomic mass is 9.80. The lowest BCUT2D eigenvalue weighted by Crippen LogP contribution is -2.26. The van der Waals surface area contributed by atoms with E-state index in [9.17, 15) is 8.78 Å². The van der Waals surface area contributed by atoms with E-state index in [2.05, 4.69) is 13.8 Å². The van der Waals surface area contributed by atoms with Gasteiger partial charge in [-0.05, 0) is 42.9 Å². The van der Waals surface area contributed by atoms with Crippen molar-refractivity contribution in [2.45, 2.75) is 39.7 Å². The van der Waals surface area contributed by atoms with E-state index in [-0.39, 0.29) is 11.5 Å².